The van der Waals surface area contributed by atoms with E-state index in [1.807, 2.05) is 0 Å². The van der Waals surface area contributed by atoms with E-state index in [2.05, 4.69) is 9.31 Å². The molecule has 0 bridgehead atoms. The van der Waals surface area contributed by atoms with Gasteiger partial charge < -0.3 is 13.9 Å². The molecule has 0 spiro atoms. The average molecular weight is 377 g/mol. The standard InChI is InChI=1S/C17H14BF2NO6/c1-8(22)26-18(27-9(2)23)17(25)12-7-21-5-3-4-10-14(20)13(19)6-11(15(10)21)16(12)24/h6-7H,3-5H2,1-2H3. The monoisotopic (exact) mass is 377 g/mol. The van der Waals surface area contributed by atoms with Crippen LogP contribution in [-0.2, 0) is 31.9 Å². The predicted molar refractivity (Wildman–Crippen MR) is 90.1 cm³/mol. The highest BCUT2D eigenvalue weighted by atomic mass is 19.2. The van der Waals surface area contributed by atoms with Crippen molar-refractivity contribution in [2.24, 2.45) is 0 Å². The zero-order chi connectivity index (χ0) is 19.9. The lowest BCUT2D eigenvalue weighted by molar-refractivity contribution is -0.137. The van der Waals surface area contributed by atoms with Gasteiger partial charge in [0.1, 0.15) is 0 Å². The van der Waals surface area contributed by atoms with Gasteiger partial charge >= 0.3 is 7.12 Å². The second-order valence-electron chi connectivity index (χ2n) is 6.13. The first-order chi connectivity index (χ1) is 12.7. The van der Waals surface area contributed by atoms with Gasteiger partial charge in [0.05, 0.1) is 11.1 Å². The molecule has 0 radical (unpaired) electrons. The molecule has 1 aromatic heterocycles. The fraction of sp³-hybridized carbons (Fsp3) is 0.294. The number of halogens is 2. The molecular weight excluding hydrogens is 363 g/mol. The molecular formula is C17H14BF2NO6. The van der Waals surface area contributed by atoms with Gasteiger partial charge in [-0.05, 0) is 18.9 Å². The summed E-state index contributed by atoms with van der Waals surface area (Å²) < 4.78 is 38.8. The van der Waals surface area contributed by atoms with Crippen molar-refractivity contribution >= 4 is 35.6 Å². The van der Waals surface area contributed by atoms with Crippen LogP contribution < -0.4 is 5.43 Å². The predicted octanol–water partition coefficient (Wildman–Crippen LogP) is 1.56. The van der Waals surface area contributed by atoms with Gasteiger partial charge in [-0.15, -0.1) is 0 Å². The highest BCUT2D eigenvalue weighted by Gasteiger charge is 2.39. The summed E-state index contributed by atoms with van der Waals surface area (Å²) in [7, 11) is -1.94. The van der Waals surface area contributed by atoms with Crippen molar-refractivity contribution in [2.45, 2.75) is 33.2 Å². The highest BCUT2D eigenvalue weighted by Crippen LogP contribution is 2.28. The lowest BCUT2D eigenvalue weighted by atomic mass is 9.78. The van der Waals surface area contributed by atoms with E-state index < -0.39 is 47.4 Å². The molecule has 0 saturated heterocycles. The van der Waals surface area contributed by atoms with E-state index in [0.717, 1.165) is 19.9 Å². The molecule has 0 fully saturated rings. The van der Waals surface area contributed by atoms with Crippen LogP contribution in [0.2, 0.25) is 0 Å². The van der Waals surface area contributed by atoms with Gasteiger partial charge in [0.25, 0.3) is 11.9 Å². The normalized spacial score (nSPS) is 12.6. The van der Waals surface area contributed by atoms with E-state index in [-0.39, 0.29) is 22.9 Å². The van der Waals surface area contributed by atoms with Crippen molar-refractivity contribution in [3.8, 4) is 0 Å². The van der Waals surface area contributed by atoms with Gasteiger partial charge in [0.15, 0.2) is 17.1 Å². The van der Waals surface area contributed by atoms with Crippen molar-refractivity contribution in [1.29, 1.82) is 0 Å². The number of aryl methyl sites for hydroxylation is 2. The van der Waals surface area contributed by atoms with Crippen molar-refractivity contribution in [3.05, 3.63) is 45.2 Å². The summed E-state index contributed by atoms with van der Waals surface area (Å²) in [6.45, 7) is 2.39. The topological polar surface area (TPSA) is 91.7 Å². The minimum Gasteiger partial charge on any atom is -0.493 e. The first-order valence-corrected chi connectivity index (χ1v) is 8.13. The van der Waals surface area contributed by atoms with Crippen LogP contribution in [-0.4, -0.2) is 29.3 Å². The number of aromatic nitrogens is 1. The zero-order valence-electron chi connectivity index (χ0n) is 14.5. The molecule has 10 heteroatoms. The molecule has 0 amide bonds. The number of pyridine rings is 1. The first kappa shape index (κ1) is 18.7. The Kier molecular flexibility index (Phi) is 4.82. The summed E-state index contributed by atoms with van der Waals surface area (Å²) in [6.07, 6.45) is 1.93. The molecule has 140 valence electrons. The maximum Gasteiger partial charge on any atom is 0.680 e. The van der Waals surface area contributed by atoms with Gasteiger partial charge in [-0.1, -0.05) is 0 Å². The van der Waals surface area contributed by atoms with Gasteiger partial charge in [-0.2, -0.15) is 0 Å². The minimum absolute atomic E-state index is 0.0730. The number of hydrogen-bond donors (Lipinski definition) is 0. The number of rotatable bonds is 4. The second kappa shape index (κ2) is 6.94. The Balaban J connectivity index is 2.21. The van der Waals surface area contributed by atoms with E-state index in [9.17, 15) is 28.0 Å². The molecule has 2 aromatic rings. The quantitative estimate of drug-likeness (QED) is 0.752. The fourth-order valence-electron chi connectivity index (χ4n) is 3.16. The van der Waals surface area contributed by atoms with E-state index in [0.29, 0.717) is 13.0 Å². The smallest absolute Gasteiger partial charge is 0.493 e. The maximum atomic E-state index is 14.1. The van der Waals surface area contributed by atoms with Crippen LogP contribution in [0.25, 0.3) is 10.9 Å². The van der Waals surface area contributed by atoms with Crippen LogP contribution in [0.5, 0.6) is 0 Å². The molecule has 0 saturated carbocycles. The Morgan fingerprint density at radius 2 is 1.78 bits per heavy atom. The van der Waals surface area contributed by atoms with E-state index in [4.69, 9.17) is 0 Å². The second-order valence-corrected chi connectivity index (χ2v) is 6.13. The SMILES string of the molecule is CC(=O)OB(OC(C)=O)C(=O)c1cn2c3c(c(F)c(F)cc3c1=O)CCC2. The Bertz CT molecular complexity index is 1030. The summed E-state index contributed by atoms with van der Waals surface area (Å²) in [5.41, 5.74) is -2.08. The molecule has 2 heterocycles. The van der Waals surface area contributed by atoms with Gasteiger partial charge in [-0.25, -0.2) is 8.78 Å². The highest BCUT2D eigenvalue weighted by molar-refractivity contribution is 6.85. The summed E-state index contributed by atoms with van der Waals surface area (Å²) in [6, 6.07) is 0.738. The van der Waals surface area contributed by atoms with Gasteiger partial charge in [0, 0.05) is 37.5 Å². The first-order valence-electron chi connectivity index (χ1n) is 8.13. The third-order valence-electron chi connectivity index (χ3n) is 4.20. The molecule has 27 heavy (non-hydrogen) atoms. The number of carbonyl (C=O) groups excluding carboxylic acids is 3. The molecule has 0 aliphatic carbocycles. The summed E-state index contributed by atoms with van der Waals surface area (Å²) >= 11 is 0. The Morgan fingerprint density at radius 3 is 2.37 bits per heavy atom. The van der Waals surface area contributed by atoms with Gasteiger partial charge in [-0.3, -0.25) is 19.2 Å². The number of hydrogen-bond acceptors (Lipinski definition) is 6. The van der Waals surface area contributed by atoms with Crippen LogP contribution in [0.1, 0.15) is 36.2 Å². The molecule has 0 atom stereocenters. The van der Waals surface area contributed by atoms with Crippen LogP contribution in [0.15, 0.2) is 17.1 Å². The van der Waals surface area contributed by atoms with Crippen molar-refractivity contribution in [2.75, 3.05) is 0 Å². The van der Waals surface area contributed by atoms with E-state index >= 15 is 0 Å². The molecule has 1 aliphatic rings. The van der Waals surface area contributed by atoms with Crippen LogP contribution in [0, 0.1) is 11.6 Å². The maximum absolute atomic E-state index is 14.1. The van der Waals surface area contributed by atoms with Crippen molar-refractivity contribution in [3.63, 3.8) is 0 Å². The Hall–Kier alpha value is -3.04. The third kappa shape index (κ3) is 3.34. The van der Waals surface area contributed by atoms with E-state index in [1.54, 1.807) is 0 Å². The summed E-state index contributed by atoms with van der Waals surface area (Å²) in [5.74, 6) is -4.00. The summed E-state index contributed by atoms with van der Waals surface area (Å²) in [4.78, 5) is 47.8. The van der Waals surface area contributed by atoms with Crippen LogP contribution in [0.4, 0.5) is 8.78 Å². The average Bonchev–Trinajstić information content (AvgIpc) is 2.59. The largest absolute Gasteiger partial charge is 0.680 e. The Labute approximate surface area is 152 Å². The lowest BCUT2D eigenvalue weighted by Gasteiger charge is -2.21. The molecule has 1 aliphatic heterocycles. The number of benzene rings is 1. The van der Waals surface area contributed by atoms with Crippen LogP contribution in [0.3, 0.4) is 0 Å². The van der Waals surface area contributed by atoms with Crippen molar-refractivity contribution < 1.29 is 32.5 Å². The lowest BCUT2D eigenvalue weighted by Crippen LogP contribution is -2.39. The molecule has 3 rings (SSSR count). The third-order valence-corrected chi connectivity index (χ3v) is 4.20. The van der Waals surface area contributed by atoms with E-state index in [1.165, 1.54) is 10.8 Å². The minimum atomic E-state index is -1.94. The fourth-order valence-corrected chi connectivity index (χ4v) is 3.16. The molecule has 0 N–H and O–H groups in total. The van der Waals surface area contributed by atoms with Crippen molar-refractivity contribution in [1.82, 2.24) is 4.57 Å². The molecule has 0 unspecified atom stereocenters. The number of carbonyl (C=O) groups is 3. The zero-order valence-corrected chi connectivity index (χ0v) is 14.5. The van der Waals surface area contributed by atoms with Crippen LogP contribution >= 0.6 is 0 Å². The number of nitrogens with zero attached hydrogens (tertiary/aromatic N) is 1. The Morgan fingerprint density at radius 1 is 1.15 bits per heavy atom. The van der Waals surface area contributed by atoms with Gasteiger partial charge in [0.2, 0.25) is 5.68 Å². The molecule has 7 nitrogen and oxygen atoms in total. The summed E-state index contributed by atoms with van der Waals surface area (Å²) in [5, 5.41) is -0.168. The molecule has 1 aromatic carbocycles.